The monoisotopic (exact) mass is 300 g/mol. The minimum atomic E-state index is -0.272. The minimum Gasteiger partial charge on any atom is -0.493 e. The van der Waals surface area contributed by atoms with Gasteiger partial charge in [0.25, 0.3) is 0 Å². The highest BCUT2D eigenvalue weighted by Gasteiger charge is 2.10. The Labute approximate surface area is 125 Å². The fraction of sp³-hybridized carbons (Fsp3) is 0.133. The Hall–Kier alpha value is -2.96. The van der Waals surface area contributed by atoms with E-state index in [1.165, 1.54) is 12.1 Å². The van der Waals surface area contributed by atoms with Crippen LogP contribution in [-0.4, -0.2) is 27.7 Å². The van der Waals surface area contributed by atoms with Crippen LogP contribution < -0.4 is 9.47 Å². The zero-order valence-electron chi connectivity index (χ0n) is 11.8. The number of H-pyrrole nitrogens is 1. The van der Waals surface area contributed by atoms with E-state index in [0.717, 1.165) is 11.1 Å². The van der Waals surface area contributed by atoms with Gasteiger partial charge in [-0.05, 0) is 41.1 Å². The summed E-state index contributed by atoms with van der Waals surface area (Å²) in [6, 6.07) is 11.5. The number of hydrogen-bond acceptors (Lipinski definition) is 5. The summed E-state index contributed by atoms with van der Waals surface area (Å²) in [5.41, 5.74) is 1.63. The van der Waals surface area contributed by atoms with Crippen molar-refractivity contribution < 1.29 is 13.9 Å². The van der Waals surface area contributed by atoms with Crippen molar-refractivity contribution in [1.29, 1.82) is 0 Å². The summed E-state index contributed by atoms with van der Waals surface area (Å²) in [4.78, 5) is 0. The molecule has 0 bridgehead atoms. The Morgan fingerprint density at radius 2 is 1.91 bits per heavy atom. The van der Waals surface area contributed by atoms with Crippen molar-refractivity contribution in [3.05, 3.63) is 53.8 Å². The van der Waals surface area contributed by atoms with Gasteiger partial charge in [0.1, 0.15) is 12.4 Å². The van der Waals surface area contributed by atoms with E-state index < -0.39 is 0 Å². The Morgan fingerprint density at radius 1 is 1.09 bits per heavy atom. The molecular weight excluding hydrogens is 287 g/mol. The lowest BCUT2D eigenvalue weighted by atomic mass is 10.2. The maximum absolute atomic E-state index is 12.9. The minimum absolute atomic E-state index is 0.272. The molecule has 0 saturated heterocycles. The van der Waals surface area contributed by atoms with Crippen LogP contribution in [-0.2, 0) is 6.61 Å². The molecule has 7 heteroatoms. The van der Waals surface area contributed by atoms with Crippen molar-refractivity contribution in [3.63, 3.8) is 0 Å². The quantitative estimate of drug-likeness (QED) is 0.784. The third-order valence-corrected chi connectivity index (χ3v) is 3.07. The van der Waals surface area contributed by atoms with Gasteiger partial charge in [0.05, 0.1) is 7.11 Å². The fourth-order valence-electron chi connectivity index (χ4n) is 1.95. The van der Waals surface area contributed by atoms with Crippen LogP contribution in [0.15, 0.2) is 42.5 Å². The predicted octanol–water partition coefficient (Wildman–Crippen LogP) is 2.59. The van der Waals surface area contributed by atoms with E-state index in [2.05, 4.69) is 20.6 Å². The average molecular weight is 300 g/mol. The summed E-state index contributed by atoms with van der Waals surface area (Å²) in [6.07, 6.45) is 0. The first-order chi connectivity index (χ1) is 10.8. The Bertz CT molecular complexity index is 745. The number of aromatic amines is 1. The third-order valence-electron chi connectivity index (χ3n) is 3.07. The lowest BCUT2D eigenvalue weighted by molar-refractivity contribution is 0.284. The second-order valence-electron chi connectivity index (χ2n) is 4.52. The number of halogens is 1. The zero-order valence-corrected chi connectivity index (χ0v) is 11.8. The molecule has 112 valence electrons. The predicted molar refractivity (Wildman–Crippen MR) is 76.9 cm³/mol. The number of methoxy groups -OCH3 is 1. The van der Waals surface area contributed by atoms with Gasteiger partial charge >= 0.3 is 0 Å². The second kappa shape index (κ2) is 6.21. The van der Waals surface area contributed by atoms with Gasteiger partial charge < -0.3 is 9.47 Å². The van der Waals surface area contributed by atoms with Crippen molar-refractivity contribution in [2.45, 2.75) is 6.61 Å². The highest BCUT2D eigenvalue weighted by atomic mass is 19.1. The van der Waals surface area contributed by atoms with Gasteiger partial charge in [0.2, 0.25) is 5.82 Å². The SMILES string of the molecule is COc1cc(-c2nn[nH]n2)ccc1OCc1ccc(F)cc1. The van der Waals surface area contributed by atoms with Gasteiger partial charge in [-0.1, -0.05) is 12.1 Å². The first-order valence-electron chi connectivity index (χ1n) is 6.55. The molecule has 0 saturated carbocycles. The molecule has 0 aliphatic rings. The summed E-state index contributed by atoms with van der Waals surface area (Å²) in [6.45, 7) is 0.318. The first-order valence-corrected chi connectivity index (χ1v) is 6.55. The number of tetrazole rings is 1. The zero-order chi connectivity index (χ0) is 15.4. The molecule has 1 N–H and O–H groups in total. The summed E-state index contributed by atoms with van der Waals surface area (Å²) in [7, 11) is 1.56. The molecule has 0 spiro atoms. The van der Waals surface area contributed by atoms with E-state index >= 15 is 0 Å². The molecule has 0 aliphatic heterocycles. The van der Waals surface area contributed by atoms with Crippen molar-refractivity contribution in [2.24, 2.45) is 0 Å². The van der Waals surface area contributed by atoms with Crippen molar-refractivity contribution in [2.75, 3.05) is 7.11 Å². The number of aromatic nitrogens is 4. The van der Waals surface area contributed by atoms with E-state index in [9.17, 15) is 4.39 Å². The van der Waals surface area contributed by atoms with Crippen LogP contribution in [0.4, 0.5) is 4.39 Å². The number of rotatable bonds is 5. The smallest absolute Gasteiger partial charge is 0.204 e. The Kier molecular flexibility index (Phi) is 3.95. The third kappa shape index (κ3) is 3.03. The molecule has 0 amide bonds. The highest BCUT2D eigenvalue weighted by Crippen LogP contribution is 2.31. The van der Waals surface area contributed by atoms with Crippen LogP contribution >= 0.6 is 0 Å². The molecule has 3 rings (SSSR count). The molecule has 6 nitrogen and oxygen atoms in total. The van der Waals surface area contributed by atoms with Gasteiger partial charge in [0, 0.05) is 5.56 Å². The number of nitrogens with zero attached hydrogens (tertiary/aromatic N) is 3. The van der Waals surface area contributed by atoms with Crippen molar-refractivity contribution >= 4 is 0 Å². The Balaban J connectivity index is 1.77. The maximum atomic E-state index is 12.9. The Morgan fingerprint density at radius 3 is 2.59 bits per heavy atom. The molecule has 0 unspecified atom stereocenters. The van der Waals surface area contributed by atoms with E-state index in [1.54, 1.807) is 31.4 Å². The van der Waals surface area contributed by atoms with Crippen LogP contribution in [0.25, 0.3) is 11.4 Å². The molecule has 0 atom stereocenters. The molecular formula is C15H13FN4O2. The molecule has 1 aromatic heterocycles. The first kappa shape index (κ1) is 14.0. The number of ether oxygens (including phenoxy) is 2. The van der Waals surface area contributed by atoms with E-state index in [0.29, 0.717) is 23.9 Å². The van der Waals surface area contributed by atoms with Crippen molar-refractivity contribution in [3.8, 4) is 22.9 Å². The summed E-state index contributed by atoms with van der Waals surface area (Å²) in [5.74, 6) is 1.35. The normalized spacial score (nSPS) is 10.5. The molecule has 3 aromatic rings. The lowest BCUT2D eigenvalue weighted by Gasteiger charge is -2.11. The van der Waals surface area contributed by atoms with Crippen LogP contribution in [0.2, 0.25) is 0 Å². The van der Waals surface area contributed by atoms with E-state index in [-0.39, 0.29) is 5.82 Å². The molecule has 0 fully saturated rings. The highest BCUT2D eigenvalue weighted by molar-refractivity contribution is 5.60. The van der Waals surface area contributed by atoms with Gasteiger partial charge in [0.15, 0.2) is 11.5 Å². The molecule has 2 aromatic carbocycles. The molecule has 1 heterocycles. The van der Waals surface area contributed by atoms with Gasteiger partial charge in [-0.3, -0.25) is 0 Å². The standard InChI is InChI=1S/C15H13FN4O2/c1-21-14-8-11(15-17-19-20-18-15)4-7-13(14)22-9-10-2-5-12(16)6-3-10/h2-8H,9H2,1H3,(H,17,18,19,20). The molecule has 0 aliphatic carbocycles. The average Bonchev–Trinajstić information content (AvgIpc) is 3.08. The van der Waals surface area contributed by atoms with Gasteiger partial charge in [-0.15, -0.1) is 10.2 Å². The summed E-state index contributed by atoms with van der Waals surface area (Å²) in [5, 5.41) is 13.7. The van der Waals surface area contributed by atoms with Crippen LogP contribution in [0.1, 0.15) is 5.56 Å². The van der Waals surface area contributed by atoms with Crippen molar-refractivity contribution in [1.82, 2.24) is 20.6 Å². The van der Waals surface area contributed by atoms with E-state index in [1.807, 2.05) is 6.07 Å². The molecule has 22 heavy (non-hydrogen) atoms. The summed E-state index contributed by atoms with van der Waals surface area (Å²) >= 11 is 0. The number of nitrogens with one attached hydrogen (secondary N) is 1. The van der Waals surface area contributed by atoms with Crippen LogP contribution in [0.5, 0.6) is 11.5 Å². The summed E-state index contributed by atoms with van der Waals surface area (Å²) < 4.78 is 23.9. The second-order valence-corrected chi connectivity index (χ2v) is 4.52. The van der Waals surface area contributed by atoms with Crippen LogP contribution in [0.3, 0.4) is 0 Å². The number of benzene rings is 2. The number of hydrogen-bond donors (Lipinski definition) is 1. The van der Waals surface area contributed by atoms with E-state index in [4.69, 9.17) is 9.47 Å². The van der Waals surface area contributed by atoms with Gasteiger partial charge in [-0.2, -0.15) is 5.21 Å². The molecule has 0 radical (unpaired) electrons. The lowest BCUT2D eigenvalue weighted by Crippen LogP contribution is -1.98. The maximum Gasteiger partial charge on any atom is 0.204 e. The van der Waals surface area contributed by atoms with Gasteiger partial charge in [-0.25, -0.2) is 4.39 Å². The topological polar surface area (TPSA) is 72.9 Å². The largest absolute Gasteiger partial charge is 0.493 e. The van der Waals surface area contributed by atoms with Crippen LogP contribution in [0, 0.1) is 5.82 Å². The fourth-order valence-corrected chi connectivity index (χ4v) is 1.95.